The van der Waals surface area contributed by atoms with Crippen molar-refractivity contribution in [2.75, 3.05) is 24.7 Å². The van der Waals surface area contributed by atoms with Crippen molar-refractivity contribution in [3.8, 4) is 11.5 Å². The van der Waals surface area contributed by atoms with Crippen molar-refractivity contribution >= 4 is 17.6 Å². The number of para-hydroxylation sites is 2. The average molecular weight is 319 g/mol. The molecular formula is C15H17N3O3S. The fraction of sp³-hybridized carbons (Fsp3) is 0.200. The Kier molecular flexibility index (Phi) is 5.91. The summed E-state index contributed by atoms with van der Waals surface area (Å²) in [4.78, 5) is 17.9. The molecule has 1 aromatic heterocycles. The molecule has 0 unspecified atom stereocenters. The molecular weight excluding hydrogens is 302 g/mol. The molecule has 6 nitrogen and oxygen atoms in total. The SMILES string of the molecule is C=CCOc1ccccc1OCCSc1nc(N)cc(=O)[nH]1. The van der Waals surface area contributed by atoms with Gasteiger partial charge in [0.15, 0.2) is 16.7 Å². The lowest BCUT2D eigenvalue weighted by atomic mass is 10.3. The van der Waals surface area contributed by atoms with Crippen LogP contribution in [0.5, 0.6) is 11.5 Å². The summed E-state index contributed by atoms with van der Waals surface area (Å²) in [5.41, 5.74) is 5.26. The van der Waals surface area contributed by atoms with Gasteiger partial charge in [0.1, 0.15) is 12.4 Å². The number of nitrogens with one attached hydrogen (secondary N) is 1. The van der Waals surface area contributed by atoms with E-state index >= 15 is 0 Å². The van der Waals surface area contributed by atoms with E-state index < -0.39 is 0 Å². The number of anilines is 1. The first-order valence-corrected chi connectivity index (χ1v) is 7.63. The van der Waals surface area contributed by atoms with E-state index in [4.69, 9.17) is 15.2 Å². The summed E-state index contributed by atoms with van der Waals surface area (Å²) in [7, 11) is 0. The van der Waals surface area contributed by atoms with Gasteiger partial charge in [-0.15, -0.1) is 0 Å². The van der Waals surface area contributed by atoms with Crippen LogP contribution in [0, 0.1) is 0 Å². The highest BCUT2D eigenvalue weighted by Crippen LogP contribution is 2.26. The van der Waals surface area contributed by atoms with E-state index in [1.54, 1.807) is 6.08 Å². The van der Waals surface area contributed by atoms with Crippen LogP contribution in [-0.4, -0.2) is 28.9 Å². The lowest BCUT2D eigenvalue weighted by molar-refractivity contribution is 0.299. The summed E-state index contributed by atoms with van der Waals surface area (Å²) in [6.45, 7) is 4.48. The Morgan fingerprint density at radius 3 is 2.73 bits per heavy atom. The number of hydrogen-bond donors (Lipinski definition) is 2. The lowest BCUT2D eigenvalue weighted by Crippen LogP contribution is -2.10. The summed E-state index contributed by atoms with van der Waals surface area (Å²) in [6.07, 6.45) is 1.68. The van der Waals surface area contributed by atoms with Gasteiger partial charge in [0.2, 0.25) is 0 Å². The highest BCUT2D eigenvalue weighted by atomic mass is 32.2. The van der Waals surface area contributed by atoms with E-state index in [1.165, 1.54) is 17.8 Å². The number of H-pyrrole nitrogens is 1. The molecule has 1 heterocycles. The predicted molar refractivity (Wildman–Crippen MR) is 87.6 cm³/mol. The normalized spacial score (nSPS) is 10.2. The summed E-state index contributed by atoms with van der Waals surface area (Å²) in [6, 6.07) is 8.67. The minimum absolute atomic E-state index is 0.204. The van der Waals surface area contributed by atoms with Gasteiger partial charge in [0.25, 0.3) is 5.56 Å². The number of hydrogen-bond acceptors (Lipinski definition) is 6. The molecule has 3 N–H and O–H groups in total. The van der Waals surface area contributed by atoms with Gasteiger partial charge < -0.3 is 20.2 Å². The van der Waals surface area contributed by atoms with Crippen LogP contribution in [-0.2, 0) is 0 Å². The smallest absolute Gasteiger partial charge is 0.253 e. The summed E-state index contributed by atoms with van der Waals surface area (Å²) < 4.78 is 11.2. The van der Waals surface area contributed by atoms with Crippen molar-refractivity contribution < 1.29 is 9.47 Å². The standard InChI is InChI=1S/C15H17N3O3S/c1-2-7-20-11-5-3-4-6-12(11)21-8-9-22-15-17-13(16)10-14(19)18-15/h2-6,10H,1,7-9H2,(H3,16,17,18,19). The van der Waals surface area contributed by atoms with Crippen LogP contribution in [0.3, 0.4) is 0 Å². The number of nitrogens with zero attached hydrogens (tertiary/aromatic N) is 1. The van der Waals surface area contributed by atoms with Gasteiger partial charge in [0.05, 0.1) is 6.61 Å². The van der Waals surface area contributed by atoms with Gasteiger partial charge in [-0.25, -0.2) is 4.98 Å². The van der Waals surface area contributed by atoms with Crippen LogP contribution in [0.15, 0.2) is 52.9 Å². The second-order valence-corrected chi connectivity index (χ2v) is 5.30. The number of nitrogen functional groups attached to an aromatic ring is 1. The molecule has 0 bridgehead atoms. The Morgan fingerprint density at radius 2 is 2.05 bits per heavy atom. The van der Waals surface area contributed by atoms with E-state index in [9.17, 15) is 4.79 Å². The molecule has 0 radical (unpaired) electrons. The quantitative estimate of drug-likeness (QED) is 0.335. The number of aromatic amines is 1. The van der Waals surface area contributed by atoms with Crippen LogP contribution in [0.1, 0.15) is 0 Å². The lowest BCUT2D eigenvalue weighted by Gasteiger charge is -2.11. The molecule has 7 heteroatoms. The van der Waals surface area contributed by atoms with Crippen molar-refractivity contribution in [2.45, 2.75) is 5.16 Å². The molecule has 0 spiro atoms. The predicted octanol–water partition coefficient (Wildman–Crippen LogP) is 2.09. The molecule has 0 aliphatic heterocycles. The van der Waals surface area contributed by atoms with E-state index in [2.05, 4.69) is 16.5 Å². The van der Waals surface area contributed by atoms with Gasteiger partial charge in [0, 0.05) is 11.8 Å². The highest BCUT2D eigenvalue weighted by Gasteiger charge is 2.04. The third-order valence-corrected chi connectivity index (χ3v) is 3.36. The Hall–Kier alpha value is -2.41. The molecule has 0 aliphatic rings. The van der Waals surface area contributed by atoms with Crippen LogP contribution >= 0.6 is 11.8 Å². The van der Waals surface area contributed by atoms with Crippen molar-refractivity contribution in [3.05, 3.63) is 53.3 Å². The van der Waals surface area contributed by atoms with Gasteiger partial charge in [-0.3, -0.25) is 4.79 Å². The maximum absolute atomic E-state index is 11.3. The van der Waals surface area contributed by atoms with E-state index in [-0.39, 0.29) is 11.4 Å². The first-order valence-electron chi connectivity index (χ1n) is 6.64. The zero-order valence-corrected chi connectivity index (χ0v) is 12.8. The van der Waals surface area contributed by atoms with Crippen molar-refractivity contribution in [2.24, 2.45) is 0 Å². The van der Waals surface area contributed by atoms with Crippen LogP contribution in [0.4, 0.5) is 5.82 Å². The van der Waals surface area contributed by atoms with Gasteiger partial charge >= 0.3 is 0 Å². The molecule has 0 amide bonds. The summed E-state index contributed by atoms with van der Waals surface area (Å²) >= 11 is 1.36. The maximum Gasteiger partial charge on any atom is 0.253 e. The second-order valence-electron chi connectivity index (χ2n) is 4.22. The molecule has 0 saturated heterocycles. The monoisotopic (exact) mass is 319 g/mol. The zero-order chi connectivity index (χ0) is 15.8. The third-order valence-electron chi connectivity index (χ3n) is 2.53. The maximum atomic E-state index is 11.3. The Morgan fingerprint density at radius 1 is 1.32 bits per heavy atom. The molecule has 0 aliphatic carbocycles. The molecule has 0 atom stereocenters. The average Bonchev–Trinajstić information content (AvgIpc) is 2.49. The first kappa shape index (κ1) is 16.0. The number of thioether (sulfide) groups is 1. The molecule has 22 heavy (non-hydrogen) atoms. The topological polar surface area (TPSA) is 90.2 Å². The van der Waals surface area contributed by atoms with E-state index in [0.717, 1.165) is 0 Å². The molecule has 1 aromatic carbocycles. The molecule has 116 valence electrons. The number of rotatable bonds is 8. The number of ether oxygens (including phenoxy) is 2. The van der Waals surface area contributed by atoms with Crippen LogP contribution in [0.25, 0.3) is 0 Å². The first-order chi connectivity index (χ1) is 10.7. The Bertz CT molecular complexity index is 688. The molecule has 2 rings (SSSR count). The van der Waals surface area contributed by atoms with Crippen LogP contribution in [0.2, 0.25) is 0 Å². The summed E-state index contributed by atoms with van der Waals surface area (Å²) in [5.74, 6) is 2.15. The van der Waals surface area contributed by atoms with Crippen molar-refractivity contribution in [3.63, 3.8) is 0 Å². The molecule has 0 saturated carbocycles. The largest absolute Gasteiger partial charge is 0.489 e. The fourth-order valence-electron chi connectivity index (χ4n) is 1.65. The Labute approximate surface area is 132 Å². The molecule has 0 fully saturated rings. The van der Waals surface area contributed by atoms with Crippen molar-refractivity contribution in [1.29, 1.82) is 0 Å². The third kappa shape index (κ3) is 4.85. The van der Waals surface area contributed by atoms with Crippen LogP contribution < -0.4 is 20.8 Å². The van der Waals surface area contributed by atoms with Gasteiger partial charge in [-0.05, 0) is 12.1 Å². The summed E-state index contributed by atoms with van der Waals surface area (Å²) in [5, 5.41) is 0.477. The minimum atomic E-state index is -0.265. The molecule has 2 aromatic rings. The number of aromatic nitrogens is 2. The van der Waals surface area contributed by atoms with E-state index in [0.29, 0.717) is 35.6 Å². The minimum Gasteiger partial charge on any atom is -0.489 e. The fourth-order valence-corrected chi connectivity index (χ4v) is 2.35. The Balaban J connectivity index is 1.86. The zero-order valence-electron chi connectivity index (χ0n) is 12.0. The van der Waals surface area contributed by atoms with E-state index in [1.807, 2.05) is 24.3 Å². The van der Waals surface area contributed by atoms with Crippen molar-refractivity contribution in [1.82, 2.24) is 9.97 Å². The van der Waals surface area contributed by atoms with Gasteiger partial charge in [-0.2, -0.15) is 0 Å². The number of nitrogens with two attached hydrogens (primary N) is 1. The number of benzene rings is 1. The van der Waals surface area contributed by atoms with Gasteiger partial charge in [-0.1, -0.05) is 36.5 Å². The second kappa shape index (κ2) is 8.14. The highest BCUT2D eigenvalue weighted by molar-refractivity contribution is 7.99.